The monoisotopic (exact) mass is 366 g/mol. The number of hydrogen-bond acceptors (Lipinski definition) is 7. The van der Waals surface area contributed by atoms with Crippen molar-refractivity contribution < 1.29 is 4.74 Å². The lowest BCUT2D eigenvalue weighted by Gasteiger charge is -2.03. The van der Waals surface area contributed by atoms with Gasteiger partial charge >= 0.3 is 0 Å². The smallest absolute Gasteiger partial charge is 0.168 e. The number of rotatable bonds is 4. The highest BCUT2D eigenvalue weighted by Crippen LogP contribution is 2.26. The van der Waals surface area contributed by atoms with Gasteiger partial charge in [-0.3, -0.25) is 0 Å². The molecule has 0 unspecified atom stereocenters. The minimum Gasteiger partial charge on any atom is -0.497 e. The van der Waals surface area contributed by atoms with Gasteiger partial charge in [0.15, 0.2) is 5.01 Å². The average Bonchev–Trinajstić information content (AvgIpc) is 3.27. The number of fused-ring (bicyclic) bond motifs is 2. The molecule has 4 rings (SSSR count). The van der Waals surface area contributed by atoms with Gasteiger partial charge < -0.3 is 10.1 Å². The summed E-state index contributed by atoms with van der Waals surface area (Å²) in [6.45, 7) is 0.730. The lowest BCUT2D eigenvalue weighted by molar-refractivity contribution is 0.415. The summed E-state index contributed by atoms with van der Waals surface area (Å²) in [4.78, 5) is 14.1. The first kappa shape index (κ1) is 15.8. The minimum atomic E-state index is 0.717. The number of aromatic nitrogens is 3. The second kappa shape index (κ2) is 7.05. The summed E-state index contributed by atoms with van der Waals surface area (Å²) >= 11 is 3.19. The van der Waals surface area contributed by atoms with E-state index in [1.54, 1.807) is 36.1 Å². The molecule has 1 N–H and O–H groups in total. The van der Waals surface area contributed by atoms with Gasteiger partial charge in [-0.25, -0.2) is 15.0 Å². The molecule has 0 fully saturated rings. The van der Waals surface area contributed by atoms with E-state index in [0.29, 0.717) is 0 Å². The molecule has 0 saturated heterocycles. The van der Waals surface area contributed by atoms with E-state index in [1.165, 1.54) is 0 Å². The summed E-state index contributed by atoms with van der Waals surface area (Å²) in [5.74, 6) is 8.00. The summed E-state index contributed by atoms with van der Waals surface area (Å²) in [6.07, 6.45) is 2.30. The SMILES string of the molecule is COc1ccc2nc(C#CCCNc3ncnc4sccc34)sc2c1. The maximum Gasteiger partial charge on any atom is 0.168 e. The number of anilines is 1. The molecule has 124 valence electrons. The van der Waals surface area contributed by atoms with Crippen molar-refractivity contribution in [1.29, 1.82) is 0 Å². The van der Waals surface area contributed by atoms with Crippen molar-refractivity contribution in [2.45, 2.75) is 6.42 Å². The maximum absolute atomic E-state index is 5.24. The Morgan fingerprint density at radius 2 is 2.20 bits per heavy atom. The summed E-state index contributed by atoms with van der Waals surface area (Å²) in [6, 6.07) is 7.89. The van der Waals surface area contributed by atoms with E-state index in [1.807, 2.05) is 29.6 Å². The third kappa shape index (κ3) is 3.40. The van der Waals surface area contributed by atoms with E-state index in [9.17, 15) is 0 Å². The first-order chi connectivity index (χ1) is 12.3. The predicted octanol–water partition coefficient (Wildman–Crippen LogP) is 4.16. The Morgan fingerprint density at radius 1 is 1.24 bits per heavy atom. The largest absolute Gasteiger partial charge is 0.497 e. The van der Waals surface area contributed by atoms with Crippen LogP contribution in [0.15, 0.2) is 36.0 Å². The van der Waals surface area contributed by atoms with E-state index in [-0.39, 0.29) is 0 Å². The van der Waals surface area contributed by atoms with Crippen LogP contribution in [0, 0.1) is 11.8 Å². The minimum absolute atomic E-state index is 0.717. The Bertz CT molecular complexity index is 1090. The molecule has 0 saturated carbocycles. The van der Waals surface area contributed by atoms with Crippen LogP contribution in [-0.4, -0.2) is 28.6 Å². The average molecular weight is 366 g/mol. The Balaban J connectivity index is 1.40. The van der Waals surface area contributed by atoms with Crippen LogP contribution in [0.25, 0.3) is 20.4 Å². The number of benzene rings is 1. The molecule has 1 aromatic carbocycles. The molecule has 5 nitrogen and oxygen atoms in total. The van der Waals surface area contributed by atoms with E-state index >= 15 is 0 Å². The molecular weight excluding hydrogens is 352 g/mol. The van der Waals surface area contributed by atoms with Crippen molar-refractivity contribution in [2.24, 2.45) is 0 Å². The molecule has 0 atom stereocenters. The second-order valence-corrected chi connectivity index (χ2v) is 7.12. The lowest BCUT2D eigenvalue weighted by atomic mass is 10.3. The molecule has 25 heavy (non-hydrogen) atoms. The van der Waals surface area contributed by atoms with Gasteiger partial charge in [0, 0.05) is 13.0 Å². The zero-order chi connectivity index (χ0) is 17.1. The van der Waals surface area contributed by atoms with Crippen LogP contribution in [0.1, 0.15) is 11.4 Å². The second-order valence-electron chi connectivity index (χ2n) is 5.19. The molecule has 0 aliphatic heterocycles. The molecule has 0 spiro atoms. The number of thiophene rings is 1. The summed E-state index contributed by atoms with van der Waals surface area (Å²) in [7, 11) is 1.66. The molecule has 4 aromatic rings. The molecule has 3 heterocycles. The molecule has 0 bridgehead atoms. The lowest BCUT2D eigenvalue weighted by Crippen LogP contribution is -2.02. The highest BCUT2D eigenvalue weighted by molar-refractivity contribution is 7.19. The molecular formula is C18H14N4OS2. The number of nitrogens with one attached hydrogen (secondary N) is 1. The molecule has 0 aliphatic carbocycles. The summed E-state index contributed by atoms with van der Waals surface area (Å²) in [5, 5.41) is 7.22. The van der Waals surface area contributed by atoms with Crippen molar-refractivity contribution in [3.8, 4) is 17.6 Å². The highest BCUT2D eigenvalue weighted by Gasteiger charge is 2.04. The van der Waals surface area contributed by atoms with Crippen LogP contribution in [0.3, 0.4) is 0 Å². The first-order valence-corrected chi connectivity index (χ1v) is 9.38. The van der Waals surface area contributed by atoms with E-state index in [2.05, 4.69) is 32.1 Å². The fourth-order valence-electron chi connectivity index (χ4n) is 2.40. The van der Waals surface area contributed by atoms with Gasteiger partial charge in [-0.05, 0) is 35.6 Å². The van der Waals surface area contributed by atoms with Gasteiger partial charge in [-0.1, -0.05) is 5.92 Å². The zero-order valence-electron chi connectivity index (χ0n) is 13.4. The van der Waals surface area contributed by atoms with Gasteiger partial charge in [0.2, 0.25) is 0 Å². The fraction of sp³-hybridized carbons (Fsp3) is 0.167. The molecule has 0 radical (unpaired) electrons. The first-order valence-electron chi connectivity index (χ1n) is 7.69. The maximum atomic E-state index is 5.24. The van der Waals surface area contributed by atoms with E-state index < -0.39 is 0 Å². The van der Waals surface area contributed by atoms with Gasteiger partial charge in [-0.15, -0.1) is 22.7 Å². The highest BCUT2D eigenvalue weighted by atomic mass is 32.1. The van der Waals surface area contributed by atoms with Crippen LogP contribution in [0.2, 0.25) is 0 Å². The van der Waals surface area contributed by atoms with Gasteiger partial charge in [0.1, 0.15) is 22.7 Å². The number of ether oxygens (including phenoxy) is 1. The van der Waals surface area contributed by atoms with Crippen molar-refractivity contribution in [2.75, 3.05) is 19.0 Å². The van der Waals surface area contributed by atoms with Gasteiger partial charge in [-0.2, -0.15) is 0 Å². The topological polar surface area (TPSA) is 59.9 Å². The quantitative estimate of drug-likeness (QED) is 0.434. The van der Waals surface area contributed by atoms with Crippen LogP contribution in [0.4, 0.5) is 5.82 Å². The van der Waals surface area contributed by atoms with Crippen LogP contribution in [-0.2, 0) is 0 Å². The number of thiazole rings is 1. The summed E-state index contributed by atoms with van der Waals surface area (Å²) < 4.78 is 6.32. The number of methoxy groups -OCH3 is 1. The van der Waals surface area contributed by atoms with Crippen molar-refractivity contribution >= 4 is 48.9 Å². The van der Waals surface area contributed by atoms with E-state index in [0.717, 1.165) is 50.0 Å². The fourth-order valence-corrected chi connectivity index (χ4v) is 4.00. The molecule has 3 aromatic heterocycles. The van der Waals surface area contributed by atoms with Crippen LogP contribution < -0.4 is 10.1 Å². The summed E-state index contributed by atoms with van der Waals surface area (Å²) in [5.41, 5.74) is 0.953. The van der Waals surface area contributed by atoms with Crippen LogP contribution >= 0.6 is 22.7 Å². The van der Waals surface area contributed by atoms with Gasteiger partial charge in [0.05, 0.1) is 22.7 Å². The Morgan fingerprint density at radius 3 is 3.12 bits per heavy atom. The van der Waals surface area contributed by atoms with E-state index in [4.69, 9.17) is 4.74 Å². The van der Waals surface area contributed by atoms with Crippen molar-refractivity contribution in [3.63, 3.8) is 0 Å². The van der Waals surface area contributed by atoms with Crippen LogP contribution in [0.5, 0.6) is 5.75 Å². The van der Waals surface area contributed by atoms with Crippen molar-refractivity contribution in [3.05, 3.63) is 41.0 Å². The standard InChI is InChI=1S/C18H14N4OS2/c1-23-12-5-6-14-15(10-12)25-16(22-14)4-2-3-8-19-17-13-7-9-24-18(13)21-11-20-17/h5-7,9-11H,3,8H2,1H3,(H,19,20,21). The zero-order valence-corrected chi connectivity index (χ0v) is 15.1. The Kier molecular flexibility index (Phi) is 4.46. The third-order valence-electron chi connectivity index (χ3n) is 3.60. The predicted molar refractivity (Wildman–Crippen MR) is 104 cm³/mol. The van der Waals surface area contributed by atoms with Crippen molar-refractivity contribution in [1.82, 2.24) is 15.0 Å². The Labute approximate surface area is 152 Å². The number of nitrogens with zero attached hydrogens (tertiary/aromatic N) is 3. The number of hydrogen-bond donors (Lipinski definition) is 1. The van der Waals surface area contributed by atoms with Gasteiger partial charge in [0.25, 0.3) is 0 Å². The molecule has 0 amide bonds. The third-order valence-corrected chi connectivity index (χ3v) is 5.35. The molecule has 7 heteroatoms. The molecule has 0 aliphatic rings. The normalized spacial score (nSPS) is 10.6. The Hall–Kier alpha value is -2.69.